The van der Waals surface area contributed by atoms with Crippen molar-refractivity contribution in [2.24, 2.45) is 0 Å². The van der Waals surface area contributed by atoms with Crippen LogP contribution < -0.4 is 9.46 Å². The van der Waals surface area contributed by atoms with E-state index in [-0.39, 0.29) is 5.92 Å². The summed E-state index contributed by atoms with van der Waals surface area (Å²) in [5, 5.41) is 10.5. The summed E-state index contributed by atoms with van der Waals surface area (Å²) in [6.45, 7) is 0. The number of rotatable bonds is 7. The van der Waals surface area contributed by atoms with Crippen LogP contribution in [0.5, 0.6) is 5.75 Å². The van der Waals surface area contributed by atoms with Crippen LogP contribution in [0.2, 0.25) is 5.02 Å². The molecule has 1 fully saturated rings. The molecule has 4 rings (SSSR count). The highest BCUT2D eigenvalue weighted by Crippen LogP contribution is 2.53. The normalized spacial score (nSPS) is 20.3. The van der Waals surface area contributed by atoms with E-state index in [1.165, 1.54) is 11.9 Å². The number of aliphatic carboxylic acids is 1. The highest BCUT2D eigenvalue weighted by molar-refractivity contribution is 7.97. The zero-order valence-corrected chi connectivity index (χ0v) is 17.3. The minimum absolute atomic E-state index is 0.0632. The smallest absolute Gasteiger partial charge is 0.325 e. The lowest BCUT2D eigenvalue weighted by atomic mass is 10.1. The topological polar surface area (TPSA) is 58.6 Å². The molecule has 6 heteroatoms. The Kier molecular flexibility index (Phi) is 5.54. The van der Waals surface area contributed by atoms with Crippen LogP contribution in [0.1, 0.15) is 17.9 Å². The molecule has 0 bridgehead atoms. The number of halogens is 1. The Morgan fingerprint density at radius 3 is 2.17 bits per heavy atom. The highest BCUT2D eigenvalue weighted by atomic mass is 35.5. The van der Waals surface area contributed by atoms with Crippen LogP contribution in [0.25, 0.3) is 11.1 Å². The molecule has 0 amide bonds. The summed E-state index contributed by atoms with van der Waals surface area (Å²) in [4.78, 5) is 12.9. The number of carboxylic acid groups (broad SMARTS) is 1. The van der Waals surface area contributed by atoms with Crippen LogP contribution in [0.3, 0.4) is 0 Å². The molecule has 0 saturated heterocycles. The van der Waals surface area contributed by atoms with Crippen molar-refractivity contribution in [1.82, 2.24) is 4.72 Å². The first-order valence-electron chi connectivity index (χ1n) is 9.19. The van der Waals surface area contributed by atoms with Crippen molar-refractivity contribution in [3.05, 3.63) is 83.4 Å². The second-order valence-electron chi connectivity index (χ2n) is 7.04. The summed E-state index contributed by atoms with van der Waals surface area (Å²) in [5.74, 6) is -0.131. The van der Waals surface area contributed by atoms with Gasteiger partial charge in [0.15, 0.2) is 0 Å². The van der Waals surface area contributed by atoms with Gasteiger partial charge in [0.25, 0.3) is 0 Å². The lowest BCUT2D eigenvalue weighted by Crippen LogP contribution is -2.36. The van der Waals surface area contributed by atoms with Crippen molar-refractivity contribution in [3.8, 4) is 16.9 Å². The van der Waals surface area contributed by atoms with Crippen LogP contribution >= 0.6 is 23.5 Å². The van der Waals surface area contributed by atoms with Gasteiger partial charge in [-0.15, -0.1) is 0 Å². The minimum Gasteiger partial charge on any atom is -0.497 e. The fourth-order valence-corrected chi connectivity index (χ4v) is 4.41. The average molecular weight is 426 g/mol. The van der Waals surface area contributed by atoms with E-state index in [4.69, 9.17) is 16.3 Å². The third-order valence-corrected chi connectivity index (χ3v) is 6.47. The highest BCUT2D eigenvalue weighted by Gasteiger charge is 2.61. The predicted molar refractivity (Wildman–Crippen MR) is 117 cm³/mol. The molecular formula is C23H20ClNO3S. The summed E-state index contributed by atoms with van der Waals surface area (Å²) in [5.41, 5.74) is 2.22. The van der Waals surface area contributed by atoms with E-state index in [2.05, 4.69) is 4.72 Å². The number of hydrogen-bond donors (Lipinski definition) is 2. The summed E-state index contributed by atoms with van der Waals surface area (Å²) >= 11 is 7.30. The fraction of sp³-hybridized carbons (Fsp3) is 0.174. The van der Waals surface area contributed by atoms with Gasteiger partial charge < -0.3 is 9.84 Å². The van der Waals surface area contributed by atoms with Gasteiger partial charge in [0, 0.05) is 15.8 Å². The molecule has 0 spiro atoms. The summed E-state index contributed by atoms with van der Waals surface area (Å²) in [7, 11) is 1.62. The molecule has 4 nitrogen and oxygen atoms in total. The third kappa shape index (κ3) is 4.13. The van der Waals surface area contributed by atoms with Crippen molar-refractivity contribution >= 4 is 29.5 Å². The molecule has 1 aliphatic carbocycles. The Morgan fingerprint density at radius 2 is 1.62 bits per heavy atom. The van der Waals surface area contributed by atoms with Gasteiger partial charge in [-0.1, -0.05) is 48.0 Å². The molecule has 29 heavy (non-hydrogen) atoms. The van der Waals surface area contributed by atoms with Crippen LogP contribution in [-0.2, 0) is 4.79 Å². The van der Waals surface area contributed by atoms with Crippen LogP contribution in [0.4, 0.5) is 0 Å². The van der Waals surface area contributed by atoms with Crippen molar-refractivity contribution in [1.29, 1.82) is 0 Å². The third-order valence-electron chi connectivity index (χ3n) is 5.24. The Hall–Kier alpha value is -2.47. The quantitative estimate of drug-likeness (QED) is 0.481. The van der Waals surface area contributed by atoms with Gasteiger partial charge in [-0.3, -0.25) is 4.79 Å². The van der Waals surface area contributed by atoms with Gasteiger partial charge >= 0.3 is 5.97 Å². The molecule has 0 aliphatic heterocycles. The summed E-state index contributed by atoms with van der Waals surface area (Å²) < 4.78 is 8.38. The Labute approximate surface area is 179 Å². The summed E-state index contributed by atoms with van der Waals surface area (Å²) in [6.07, 6.45) is 0.560. The number of carboxylic acids is 1. The average Bonchev–Trinajstić information content (AvgIpc) is 3.49. The number of carbonyl (C=O) groups is 1. The number of hydrogen-bond acceptors (Lipinski definition) is 4. The van der Waals surface area contributed by atoms with Crippen LogP contribution in [0, 0.1) is 0 Å². The minimum atomic E-state index is -0.950. The van der Waals surface area contributed by atoms with E-state index in [0.29, 0.717) is 11.4 Å². The fourth-order valence-electron chi connectivity index (χ4n) is 3.40. The van der Waals surface area contributed by atoms with Crippen molar-refractivity contribution < 1.29 is 14.6 Å². The van der Waals surface area contributed by atoms with Gasteiger partial charge in [-0.2, -0.15) is 0 Å². The van der Waals surface area contributed by atoms with E-state index in [1.807, 2.05) is 72.8 Å². The van der Waals surface area contributed by atoms with Gasteiger partial charge in [0.1, 0.15) is 11.3 Å². The van der Waals surface area contributed by atoms with Crippen molar-refractivity contribution in [2.45, 2.75) is 22.8 Å². The second kappa shape index (κ2) is 8.11. The van der Waals surface area contributed by atoms with E-state index in [9.17, 15) is 9.90 Å². The molecule has 0 heterocycles. The number of ether oxygens (including phenoxy) is 1. The Morgan fingerprint density at radius 1 is 1.03 bits per heavy atom. The maximum absolute atomic E-state index is 12.0. The number of benzene rings is 3. The maximum Gasteiger partial charge on any atom is 0.325 e. The molecule has 1 aliphatic rings. The van der Waals surface area contributed by atoms with Crippen molar-refractivity contribution in [3.63, 3.8) is 0 Å². The lowest BCUT2D eigenvalue weighted by molar-refractivity contribution is -0.140. The molecule has 3 aromatic rings. The second-order valence-corrected chi connectivity index (χ2v) is 8.36. The molecule has 0 aromatic heterocycles. The Balaban J connectivity index is 1.44. The summed E-state index contributed by atoms with van der Waals surface area (Å²) in [6, 6.07) is 23.3. The van der Waals surface area contributed by atoms with E-state index < -0.39 is 11.5 Å². The molecule has 0 radical (unpaired) electrons. The molecular weight excluding hydrogens is 406 g/mol. The van der Waals surface area contributed by atoms with Crippen LogP contribution in [-0.4, -0.2) is 23.7 Å². The van der Waals surface area contributed by atoms with E-state index >= 15 is 0 Å². The zero-order chi connectivity index (χ0) is 20.4. The standard InChI is InChI=1S/C23H20ClNO3S/c1-28-19-10-4-17(5-11-19)21-14-23(21,22(26)27)25-29-20-12-6-16(7-13-20)15-2-8-18(24)9-3-15/h2-13,21,25H,14H2,1H3,(H,26,27). The van der Waals surface area contributed by atoms with Gasteiger partial charge in [0.05, 0.1) is 7.11 Å². The largest absolute Gasteiger partial charge is 0.497 e. The van der Waals surface area contributed by atoms with E-state index in [1.54, 1.807) is 7.11 Å². The first kappa shape index (κ1) is 19.8. The Bertz CT molecular complexity index is 1010. The maximum atomic E-state index is 12.0. The van der Waals surface area contributed by atoms with Crippen LogP contribution in [0.15, 0.2) is 77.7 Å². The van der Waals surface area contributed by atoms with Crippen molar-refractivity contribution in [2.75, 3.05) is 7.11 Å². The molecule has 2 unspecified atom stereocenters. The molecule has 1 saturated carbocycles. The van der Waals surface area contributed by atoms with E-state index in [0.717, 1.165) is 27.3 Å². The number of methoxy groups -OCH3 is 1. The van der Waals surface area contributed by atoms with Gasteiger partial charge in [-0.25, -0.2) is 4.72 Å². The molecule has 148 valence electrons. The molecule has 2 atom stereocenters. The van der Waals surface area contributed by atoms with Gasteiger partial charge in [-0.05, 0) is 71.5 Å². The molecule has 2 N–H and O–H groups in total. The number of nitrogens with one attached hydrogen (secondary N) is 1. The first-order chi connectivity index (χ1) is 14.0. The zero-order valence-electron chi connectivity index (χ0n) is 15.8. The first-order valence-corrected chi connectivity index (χ1v) is 10.4. The lowest BCUT2D eigenvalue weighted by Gasteiger charge is -2.15. The van der Waals surface area contributed by atoms with Gasteiger partial charge in [0.2, 0.25) is 0 Å². The monoisotopic (exact) mass is 425 g/mol. The SMILES string of the molecule is COc1ccc(C2CC2(NSc2ccc(-c3ccc(Cl)cc3)cc2)C(=O)O)cc1. The molecule has 3 aromatic carbocycles. The predicted octanol–water partition coefficient (Wildman–Crippen LogP) is 5.62.